The maximum absolute atomic E-state index is 8.65. The first kappa shape index (κ1) is 26.0. The van der Waals surface area contributed by atoms with Crippen LogP contribution in [0.4, 0.5) is 0 Å². The zero-order valence-electron chi connectivity index (χ0n) is 28.6. The smallest absolute Gasteiger partial charge is 0.216 e. The summed E-state index contributed by atoms with van der Waals surface area (Å²) < 4.78 is 40.5. The van der Waals surface area contributed by atoms with Crippen LogP contribution < -0.4 is 0 Å². The molecule has 0 saturated carbocycles. The molecular formula is C39H33IrN3O-2. The molecule has 4 heterocycles. The first-order valence-electron chi connectivity index (χ1n) is 16.1. The molecule has 0 amide bonds. The van der Waals surface area contributed by atoms with Crippen molar-refractivity contribution in [2.75, 3.05) is 0 Å². The van der Waals surface area contributed by atoms with E-state index in [1.165, 1.54) is 6.07 Å². The topological polar surface area (TPSA) is 51.8 Å². The summed E-state index contributed by atoms with van der Waals surface area (Å²) in [5.74, 6) is 0. The molecule has 0 N–H and O–H groups in total. The fourth-order valence-electron chi connectivity index (χ4n) is 4.65. The number of rotatable bonds is 5. The molecular weight excluding hydrogens is 719 g/mol. The minimum Gasteiger partial charge on any atom is -0.486 e. The van der Waals surface area contributed by atoms with E-state index in [2.05, 4.69) is 47.9 Å². The molecule has 4 nitrogen and oxygen atoms in total. The van der Waals surface area contributed by atoms with Crippen molar-refractivity contribution in [2.24, 2.45) is 0 Å². The van der Waals surface area contributed by atoms with Crippen LogP contribution in [0, 0.1) is 12.1 Å². The molecule has 0 spiro atoms. The molecule has 5 heteroatoms. The molecule has 0 unspecified atom stereocenters. The molecule has 0 aliphatic rings. The summed E-state index contributed by atoms with van der Waals surface area (Å²) in [5, 5.41) is 1.55. The van der Waals surface area contributed by atoms with E-state index in [9.17, 15) is 0 Å². The summed E-state index contributed by atoms with van der Waals surface area (Å²) in [7, 11) is 0. The zero-order chi connectivity index (χ0) is 33.2. The molecule has 221 valence electrons. The van der Waals surface area contributed by atoms with E-state index in [1.54, 1.807) is 48.8 Å². The predicted molar refractivity (Wildman–Crippen MR) is 175 cm³/mol. The Morgan fingerprint density at radius 3 is 2.27 bits per heavy atom. The fraction of sp³-hybridized carbons (Fsp3) is 0.154. The monoisotopic (exact) mass is 756 g/mol. The second kappa shape index (κ2) is 13.9. The molecule has 7 rings (SSSR count). The largest absolute Gasteiger partial charge is 0.486 e. The predicted octanol–water partition coefficient (Wildman–Crippen LogP) is 9.47. The second-order valence-electron chi connectivity index (χ2n) is 11.0. The third kappa shape index (κ3) is 7.19. The average Bonchev–Trinajstić information content (AvgIpc) is 3.48. The zero-order valence-corrected chi connectivity index (χ0v) is 27.0. The van der Waals surface area contributed by atoms with Gasteiger partial charge in [0.15, 0.2) is 0 Å². The van der Waals surface area contributed by atoms with Crippen LogP contribution in [0.25, 0.3) is 44.6 Å². The van der Waals surface area contributed by atoms with Crippen LogP contribution in [0.15, 0.2) is 126 Å². The van der Waals surface area contributed by atoms with Gasteiger partial charge in [0.1, 0.15) is 0 Å². The van der Waals surface area contributed by atoms with Gasteiger partial charge in [-0.2, -0.15) is 0 Å². The van der Waals surface area contributed by atoms with Crippen molar-refractivity contribution in [2.45, 2.75) is 38.9 Å². The van der Waals surface area contributed by atoms with Gasteiger partial charge < -0.3 is 14.4 Å². The number of hydrogen-bond donors (Lipinski definition) is 0. The summed E-state index contributed by atoms with van der Waals surface area (Å²) in [6.45, 7) is 6.43. The Kier molecular flexibility index (Phi) is 8.21. The molecule has 4 aromatic heterocycles. The van der Waals surface area contributed by atoms with Crippen LogP contribution in [0.3, 0.4) is 0 Å². The van der Waals surface area contributed by atoms with Gasteiger partial charge in [-0.05, 0) is 64.9 Å². The number of pyridine rings is 3. The Labute approximate surface area is 278 Å². The number of hydrogen-bond acceptors (Lipinski definition) is 4. The maximum Gasteiger partial charge on any atom is 0.216 e. The van der Waals surface area contributed by atoms with Gasteiger partial charge in [-0.25, -0.2) is 4.98 Å². The molecule has 1 radical (unpaired) electrons. The van der Waals surface area contributed by atoms with Crippen molar-refractivity contribution >= 4 is 22.1 Å². The molecule has 0 aliphatic heterocycles. The van der Waals surface area contributed by atoms with E-state index in [1.807, 2.05) is 66.7 Å². The molecule has 44 heavy (non-hydrogen) atoms. The third-order valence-electron chi connectivity index (χ3n) is 6.94. The first-order valence-corrected chi connectivity index (χ1v) is 14.1. The number of aryl methyl sites for hydroxylation is 2. The van der Waals surface area contributed by atoms with Crippen molar-refractivity contribution in [1.82, 2.24) is 15.0 Å². The Bertz CT molecular complexity index is 2090. The van der Waals surface area contributed by atoms with Gasteiger partial charge in [-0.15, -0.1) is 54.1 Å². The Balaban J connectivity index is 0.000000291. The summed E-state index contributed by atoms with van der Waals surface area (Å²) in [4.78, 5) is 13.2. The summed E-state index contributed by atoms with van der Waals surface area (Å²) in [5.41, 5.74) is 5.58. The number of nitrogens with zero attached hydrogens (tertiary/aromatic N) is 3. The van der Waals surface area contributed by atoms with E-state index >= 15 is 0 Å². The Morgan fingerprint density at radius 1 is 0.727 bits per heavy atom. The van der Waals surface area contributed by atoms with Gasteiger partial charge in [0.25, 0.3) is 0 Å². The minimum absolute atomic E-state index is 0. The van der Waals surface area contributed by atoms with Gasteiger partial charge in [0, 0.05) is 49.1 Å². The first-order chi connectivity index (χ1) is 22.5. The average molecular weight is 756 g/mol. The molecule has 7 aromatic rings. The molecule has 0 saturated heterocycles. The summed E-state index contributed by atoms with van der Waals surface area (Å²) in [6.07, 6.45) is -1.12. The number of benzene rings is 3. The molecule has 0 aliphatic carbocycles. The van der Waals surface area contributed by atoms with Gasteiger partial charge in [0.2, 0.25) is 5.71 Å². The Hall–Kier alpha value is -4.44. The van der Waals surface area contributed by atoms with E-state index in [4.69, 9.17) is 9.90 Å². The van der Waals surface area contributed by atoms with Crippen molar-refractivity contribution in [3.63, 3.8) is 0 Å². The van der Waals surface area contributed by atoms with E-state index in [0.717, 1.165) is 33.3 Å². The third-order valence-corrected chi connectivity index (χ3v) is 6.94. The second-order valence-corrected chi connectivity index (χ2v) is 11.0. The van der Waals surface area contributed by atoms with Gasteiger partial charge in [0.05, 0.1) is 5.58 Å². The van der Waals surface area contributed by atoms with Gasteiger partial charge in [-0.3, -0.25) is 0 Å². The van der Waals surface area contributed by atoms with Crippen molar-refractivity contribution in [3.05, 3.63) is 151 Å². The van der Waals surface area contributed by atoms with Crippen molar-refractivity contribution < 1.29 is 30.0 Å². The minimum atomic E-state index is -2.39. The van der Waals surface area contributed by atoms with E-state index < -0.39 is 12.7 Å². The number of aromatic nitrogens is 3. The van der Waals surface area contributed by atoms with Crippen molar-refractivity contribution in [1.29, 1.82) is 0 Å². The van der Waals surface area contributed by atoms with Crippen LogP contribution in [0.2, 0.25) is 0 Å². The van der Waals surface area contributed by atoms with Crippen molar-refractivity contribution in [3.8, 4) is 22.5 Å². The molecule has 0 bridgehead atoms. The van der Waals surface area contributed by atoms with E-state index in [0.29, 0.717) is 11.1 Å². The van der Waals surface area contributed by atoms with Crippen LogP contribution in [-0.4, -0.2) is 15.0 Å². The Morgan fingerprint density at radius 2 is 1.52 bits per heavy atom. The summed E-state index contributed by atoms with van der Waals surface area (Å²) in [6, 6.07) is 39.4. The SMILES string of the molecule is [2H]C([2H])(c1ccccc1)C([2H])([2H])c1ccc2c(n1)oc1c(-c3cc(C(C)(C)C)ccn3)[c-]ccc12.[Ir].[c-]1ccccc1-c1ccccn1. The van der Waals surface area contributed by atoms with E-state index in [-0.39, 0.29) is 42.5 Å². The van der Waals surface area contributed by atoms with Crippen LogP contribution >= 0.6 is 0 Å². The molecule has 0 fully saturated rings. The van der Waals surface area contributed by atoms with Crippen LogP contribution in [0.5, 0.6) is 0 Å². The maximum atomic E-state index is 8.65. The van der Waals surface area contributed by atoms with Crippen LogP contribution in [-0.2, 0) is 38.3 Å². The standard InChI is InChI=1S/C28H25N2O.C11H8N.Ir/c1-28(2,3)20-16-17-29-25(18-20)24-11-7-10-22-23-15-14-21(30-27(23)31-26(22)24)13-12-19-8-5-4-6-9-19;1-2-6-10(7-3-1)11-8-4-5-9-12-11;/h4-10,14-18H,12-13H2,1-3H3;1-6,8-9H;/q2*-1;/i12D2,13D2;;. The fourth-order valence-corrected chi connectivity index (χ4v) is 4.65. The molecule has 3 aromatic carbocycles. The number of fused-ring (bicyclic) bond motifs is 3. The number of furan rings is 1. The van der Waals surface area contributed by atoms with Gasteiger partial charge >= 0.3 is 0 Å². The van der Waals surface area contributed by atoms with Gasteiger partial charge in [-0.1, -0.05) is 80.3 Å². The van der Waals surface area contributed by atoms with Crippen LogP contribution in [0.1, 0.15) is 43.1 Å². The quantitative estimate of drug-likeness (QED) is 0.164. The normalized spacial score (nSPS) is 13.1. The summed E-state index contributed by atoms with van der Waals surface area (Å²) >= 11 is 0. The molecule has 0 atom stereocenters.